The molecule has 1 aliphatic rings. The number of aryl methyl sites for hydroxylation is 1. The summed E-state index contributed by atoms with van der Waals surface area (Å²) in [7, 11) is 1.53. The Bertz CT molecular complexity index is 833. The van der Waals surface area contributed by atoms with Gasteiger partial charge in [-0.15, -0.1) is 0 Å². The first kappa shape index (κ1) is 20.1. The number of nitrogens with one attached hydrogen (secondary N) is 2. The fourth-order valence-corrected chi connectivity index (χ4v) is 3.63. The smallest absolute Gasteiger partial charge is 0.286 e. The highest BCUT2D eigenvalue weighted by molar-refractivity contribution is 5.99. The highest BCUT2D eigenvalue weighted by atomic mass is 16.4. The molecule has 6 heteroatoms. The molecule has 3 rings (SSSR count). The number of aliphatic hydroxyl groups excluding tert-OH is 1. The largest absolute Gasteiger partial charge is 0.454 e. The van der Waals surface area contributed by atoms with Crippen molar-refractivity contribution in [3.05, 3.63) is 58.5 Å². The van der Waals surface area contributed by atoms with Gasteiger partial charge in [0.1, 0.15) is 5.76 Å². The highest BCUT2D eigenvalue weighted by Crippen LogP contribution is 2.30. The zero-order valence-corrected chi connectivity index (χ0v) is 16.6. The van der Waals surface area contributed by atoms with Crippen molar-refractivity contribution in [2.24, 2.45) is 0 Å². The molecule has 2 amide bonds. The third-order valence-corrected chi connectivity index (χ3v) is 5.46. The quantitative estimate of drug-likeness (QED) is 0.739. The molecule has 1 fully saturated rings. The number of carbonyl (C=O) groups is 2. The molecule has 0 aliphatic heterocycles. The summed E-state index contributed by atoms with van der Waals surface area (Å²) < 4.78 is 5.83. The van der Waals surface area contributed by atoms with Gasteiger partial charge in [0.15, 0.2) is 5.76 Å². The molecule has 0 spiro atoms. The van der Waals surface area contributed by atoms with Crippen LogP contribution in [0.15, 0.2) is 34.7 Å². The number of furan rings is 1. The topological polar surface area (TPSA) is 91.6 Å². The lowest BCUT2D eigenvalue weighted by Crippen LogP contribution is -2.38. The van der Waals surface area contributed by atoms with Gasteiger partial charge in [-0.1, -0.05) is 36.8 Å². The monoisotopic (exact) mass is 384 g/mol. The van der Waals surface area contributed by atoms with Gasteiger partial charge in [0.25, 0.3) is 11.8 Å². The average molecular weight is 384 g/mol. The van der Waals surface area contributed by atoms with Gasteiger partial charge in [-0.2, -0.15) is 0 Å². The molecule has 6 nitrogen and oxygen atoms in total. The molecule has 1 saturated carbocycles. The summed E-state index contributed by atoms with van der Waals surface area (Å²) in [5, 5.41) is 15.2. The minimum atomic E-state index is -0.364. The molecule has 0 radical (unpaired) electrons. The van der Waals surface area contributed by atoms with Crippen LogP contribution in [-0.2, 0) is 0 Å². The van der Waals surface area contributed by atoms with Crippen LogP contribution in [0.5, 0.6) is 0 Å². The number of aliphatic hydroxyl groups is 1. The lowest BCUT2D eigenvalue weighted by molar-refractivity contribution is 0.0864. The first-order valence-electron chi connectivity index (χ1n) is 9.80. The molecule has 28 heavy (non-hydrogen) atoms. The van der Waals surface area contributed by atoms with E-state index < -0.39 is 0 Å². The van der Waals surface area contributed by atoms with Crippen molar-refractivity contribution < 1.29 is 19.1 Å². The van der Waals surface area contributed by atoms with Crippen LogP contribution in [0.2, 0.25) is 0 Å². The van der Waals surface area contributed by atoms with Gasteiger partial charge < -0.3 is 20.2 Å². The molecule has 1 aromatic heterocycles. The van der Waals surface area contributed by atoms with E-state index in [0.717, 1.165) is 24.0 Å². The van der Waals surface area contributed by atoms with Crippen molar-refractivity contribution in [2.45, 2.75) is 57.6 Å². The third-order valence-electron chi connectivity index (χ3n) is 5.46. The van der Waals surface area contributed by atoms with Crippen molar-refractivity contribution in [2.75, 3.05) is 7.05 Å². The molecule has 1 aromatic carbocycles. The Morgan fingerprint density at radius 3 is 2.36 bits per heavy atom. The molecule has 1 heterocycles. The standard InChI is InChI=1S/C22H28N2O4/c1-13-4-6-15(7-5-13)14(2)20-18(12-19(28-20)22(27)23-3)21(26)24-16-8-10-17(25)11-9-16/h4-7,12,14,16-17,25H,8-11H2,1-3H3,(H,23,27)(H,24,26)/t14-,16-,17-/m0/s1. The first-order valence-corrected chi connectivity index (χ1v) is 9.80. The van der Waals surface area contributed by atoms with Crippen LogP contribution in [0.1, 0.15) is 76.3 Å². The van der Waals surface area contributed by atoms with Crippen LogP contribution in [0.3, 0.4) is 0 Å². The number of hydrogen-bond acceptors (Lipinski definition) is 4. The Kier molecular flexibility index (Phi) is 6.19. The minimum absolute atomic E-state index is 0.0248. The Balaban J connectivity index is 1.87. The van der Waals surface area contributed by atoms with Gasteiger partial charge in [0.2, 0.25) is 0 Å². The molecular formula is C22H28N2O4. The number of rotatable bonds is 5. The lowest BCUT2D eigenvalue weighted by Gasteiger charge is -2.26. The number of amides is 2. The van der Waals surface area contributed by atoms with Gasteiger partial charge in [-0.05, 0) is 38.2 Å². The summed E-state index contributed by atoms with van der Waals surface area (Å²) in [6, 6.07) is 9.59. The predicted octanol–water partition coefficient (Wildman–Crippen LogP) is 3.13. The van der Waals surface area contributed by atoms with E-state index in [0.29, 0.717) is 24.2 Å². The molecule has 0 saturated heterocycles. The van der Waals surface area contributed by atoms with E-state index >= 15 is 0 Å². The molecule has 1 aliphatic carbocycles. The van der Waals surface area contributed by atoms with E-state index in [1.54, 1.807) is 0 Å². The Morgan fingerprint density at radius 2 is 1.75 bits per heavy atom. The summed E-state index contributed by atoms with van der Waals surface area (Å²) in [5.41, 5.74) is 2.55. The molecule has 1 atom stereocenters. The zero-order chi connectivity index (χ0) is 20.3. The van der Waals surface area contributed by atoms with E-state index in [-0.39, 0.29) is 35.6 Å². The molecule has 0 unspecified atom stereocenters. The second-order valence-corrected chi connectivity index (χ2v) is 7.58. The number of hydrogen-bond donors (Lipinski definition) is 3. The second kappa shape index (κ2) is 8.61. The fraction of sp³-hybridized carbons (Fsp3) is 0.455. The molecule has 150 valence electrons. The van der Waals surface area contributed by atoms with Gasteiger partial charge in [-0.25, -0.2) is 0 Å². The van der Waals surface area contributed by atoms with Gasteiger partial charge in [0, 0.05) is 25.1 Å². The van der Waals surface area contributed by atoms with Crippen LogP contribution >= 0.6 is 0 Å². The molecule has 3 N–H and O–H groups in total. The van der Waals surface area contributed by atoms with E-state index in [9.17, 15) is 14.7 Å². The van der Waals surface area contributed by atoms with Crippen molar-refractivity contribution in [3.63, 3.8) is 0 Å². The van der Waals surface area contributed by atoms with Crippen LogP contribution in [-0.4, -0.2) is 36.1 Å². The Morgan fingerprint density at radius 1 is 1.11 bits per heavy atom. The van der Waals surface area contributed by atoms with Crippen LogP contribution in [0.25, 0.3) is 0 Å². The van der Waals surface area contributed by atoms with Crippen molar-refractivity contribution in [3.8, 4) is 0 Å². The van der Waals surface area contributed by atoms with E-state index in [1.165, 1.54) is 13.1 Å². The van der Waals surface area contributed by atoms with Crippen molar-refractivity contribution >= 4 is 11.8 Å². The summed E-state index contributed by atoms with van der Waals surface area (Å²) in [5.74, 6) is -0.171. The molecule has 0 bridgehead atoms. The van der Waals surface area contributed by atoms with Gasteiger partial charge >= 0.3 is 0 Å². The first-order chi connectivity index (χ1) is 13.4. The van der Waals surface area contributed by atoms with Crippen LogP contribution < -0.4 is 10.6 Å². The van der Waals surface area contributed by atoms with Gasteiger partial charge in [-0.3, -0.25) is 9.59 Å². The summed E-state index contributed by atoms with van der Waals surface area (Å²) in [6.07, 6.45) is 2.59. The van der Waals surface area contributed by atoms with Crippen LogP contribution in [0, 0.1) is 6.92 Å². The fourth-order valence-electron chi connectivity index (χ4n) is 3.63. The SMILES string of the molecule is CNC(=O)c1cc(C(=O)N[C@H]2CC[C@H](O)CC2)c([C@@H](C)c2ccc(C)cc2)o1. The molecular weight excluding hydrogens is 356 g/mol. The zero-order valence-electron chi connectivity index (χ0n) is 16.6. The molecule has 2 aromatic rings. The van der Waals surface area contributed by atoms with Gasteiger partial charge in [0.05, 0.1) is 11.7 Å². The normalized spacial score (nSPS) is 20.4. The Hall–Kier alpha value is -2.60. The average Bonchev–Trinajstić information content (AvgIpc) is 3.15. The Labute approximate surface area is 165 Å². The van der Waals surface area contributed by atoms with Crippen molar-refractivity contribution in [1.29, 1.82) is 0 Å². The maximum absolute atomic E-state index is 13.0. The lowest BCUT2D eigenvalue weighted by atomic mass is 9.92. The summed E-state index contributed by atoms with van der Waals surface area (Å²) in [4.78, 5) is 25.0. The third kappa shape index (κ3) is 4.44. The maximum Gasteiger partial charge on any atom is 0.286 e. The predicted molar refractivity (Wildman–Crippen MR) is 107 cm³/mol. The van der Waals surface area contributed by atoms with E-state index in [4.69, 9.17) is 4.42 Å². The van der Waals surface area contributed by atoms with Crippen molar-refractivity contribution in [1.82, 2.24) is 10.6 Å². The van der Waals surface area contributed by atoms with E-state index in [2.05, 4.69) is 10.6 Å². The summed E-state index contributed by atoms with van der Waals surface area (Å²) >= 11 is 0. The second-order valence-electron chi connectivity index (χ2n) is 7.58. The van der Waals surface area contributed by atoms with Crippen LogP contribution in [0.4, 0.5) is 0 Å². The minimum Gasteiger partial charge on any atom is -0.454 e. The highest BCUT2D eigenvalue weighted by Gasteiger charge is 2.28. The maximum atomic E-state index is 13.0. The number of carbonyl (C=O) groups excluding carboxylic acids is 2. The number of benzene rings is 1. The summed E-state index contributed by atoms with van der Waals surface area (Å²) in [6.45, 7) is 3.98. The van der Waals surface area contributed by atoms with E-state index in [1.807, 2.05) is 38.1 Å².